The molecule has 6 heteroatoms. The number of carbonyl (C=O) groups excluding carboxylic acids is 1. The molecule has 3 heterocycles. The van der Waals surface area contributed by atoms with Crippen molar-refractivity contribution in [2.75, 3.05) is 24.6 Å². The van der Waals surface area contributed by atoms with Gasteiger partial charge in [-0.25, -0.2) is 14.3 Å². The van der Waals surface area contributed by atoms with Crippen LogP contribution in [0.1, 0.15) is 37.6 Å². The zero-order chi connectivity index (χ0) is 18.3. The largest absolute Gasteiger partial charge is 0.462 e. The second-order valence-electron chi connectivity index (χ2n) is 7.32. The highest BCUT2D eigenvalue weighted by atomic mass is 16.5. The Hall–Kier alpha value is -2.63. The summed E-state index contributed by atoms with van der Waals surface area (Å²) >= 11 is 0. The number of esters is 1. The fourth-order valence-corrected chi connectivity index (χ4v) is 4.06. The molecule has 0 aliphatic carbocycles. The molecule has 1 aliphatic heterocycles. The van der Waals surface area contributed by atoms with Crippen molar-refractivity contribution in [2.24, 2.45) is 11.8 Å². The van der Waals surface area contributed by atoms with Crippen LogP contribution in [0.15, 0.2) is 30.5 Å². The van der Waals surface area contributed by atoms with E-state index in [9.17, 15) is 4.79 Å². The number of para-hydroxylation sites is 1. The second kappa shape index (κ2) is 6.59. The van der Waals surface area contributed by atoms with Gasteiger partial charge in [-0.3, -0.25) is 0 Å². The summed E-state index contributed by atoms with van der Waals surface area (Å²) in [5.74, 6) is 1.78. The fraction of sp³-hybridized carbons (Fsp3) is 0.450. The molecule has 0 amide bonds. The second-order valence-corrected chi connectivity index (χ2v) is 7.32. The van der Waals surface area contributed by atoms with Crippen molar-refractivity contribution < 1.29 is 9.53 Å². The molecular weight excluding hydrogens is 328 g/mol. The van der Waals surface area contributed by atoms with Gasteiger partial charge in [0.1, 0.15) is 11.4 Å². The number of ether oxygens (including phenoxy) is 1. The summed E-state index contributed by atoms with van der Waals surface area (Å²) in [5.41, 5.74) is 1.92. The first-order valence-corrected chi connectivity index (χ1v) is 9.27. The first-order chi connectivity index (χ1) is 12.6. The molecule has 1 aliphatic rings. The third kappa shape index (κ3) is 2.79. The maximum atomic E-state index is 12.3. The van der Waals surface area contributed by atoms with Crippen LogP contribution in [0.25, 0.3) is 16.6 Å². The van der Waals surface area contributed by atoms with Gasteiger partial charge in [-0.15, -0.1) is 0 Å². The average Bonchev–Trinajstić information content (AvgIpc) is 3.04. The number of fused-ring (bicyclic) bond motifs is 3. The number of carbonyl (C=O) groups is 1. The van der Waals surface area contributed by atoms with Gasteiger partial charge in [0, 0.05) is 18.5 Å². The topological polar surface area (TPSA) is 59.7 Å². The van der Waals surface area contributed by atoms with Gasteiger partial charge in [0.05, 0.1) is 18.3 Å². The van der Waals surface area contributed by atoms with E-state index in [0.29, 0.717) is 29.7 Å². The van der Waals surface area contributed by atoms with E-state index in [1.54, 1.807) is 17.6 Å². The van der Waals surface area contributed by atoms with Crippen molar-refractivity contribution in [3.8, 4) is 0 Å². The lowest BCUT2D eigenvalue weighted by Crippen LogP contribution is -2.39. The van der Waals surface area contributed by atoms with Crippen molar-refractivity contribution >= 4 is 28.3 Å². The number of benzene rings is 1. The number of nitrogens with zero attached hydrogens (tertiary/aromatic N) is 4. The zero-order valence-electron chi connectivity index (χ0n) is 15.5. The van der Waals surface area contributed by atoms with Crippen LogP contribution in [0.5, 0.6) is 0 Å². The van der Waals surface area contributed by atoms with Gasteiger partial charge in [0.15, 0.2) is 5.65 Å². The molecule has 136 valence electrons. The van der Waals surface area contributed by atoms with Crippen LogP contribution < -0.4 is 4.90 Å². The van der Waals surface area contributed by atoms with Crippen LogP contribution in [-0.4, -0.2) is 40.3 Å². The van der Waals surface area contributed by atoms with Crippen LogP contribution in [0.3, 0.4) is 0 Å². The van der Waals surface area contributed by atoms with E-state index in [0.717, 1.165) is 29.8 Å². The van der Waals surface area contributed by atoms with Crippen LogP contribution in [0.4, 0.5) is 5.82 Å². The molecule has 2 aromatic heterocycles. The SMILES string of the molecule is CCOC(=O)c1cnn2c1nc(N1C[C@H](C)C[C@@H](C)C1)c1ccccc12. The predicted molar refractivity (Wildman–Crippen MR) is 102 cm³/mol. The minimum Gasteiger partial charge on any atom is -0.462 e. The lowest BCUT2D eigenvalue weighted by Gasteiger charge is -2.36. The molecule has 1 aromatic carbocycles. The van der Waals surface area contributed by atoms with Gasteiger partial charge in [-0.05, 0) is 37.3 Å². The van der Waals surface area contributed by atoms with E-state index in [-0.39, 0.29) is 5.97 Å². The predicted octanol–water partition coefficient (Wildman–Crippen LogP) is 3.54. The third-order valence-electron chi connectivity index (χ3n) is 4.99. The molecular formula is C20H24N4O2. The summed E-state index contributed by atoms with van der Waals surface area (Å²) < 4.78 is 6.92. The molecule has 0 radical (unpaired) electrons. The number of hydrogen-bond acceptors (Lipinski definition) is 5. The first-order valence-electron chi connectivity index (χ1n) is 9.27. The normalized spacial score (nSPS) is 20.7. The Morgan fingerprint density at radius 1 is 1.23 bits per heavy atom. The molecule has 1 saturated heterocycles. The lowest BCUT2D eigenvalue weighted by molar-refractivity contribution is 0.0528. The Labute approximate surface area is 152 Å². The molecule has 0 unspecified atom stereocenters. The number of anilines is 1. The van der Waals surface area contributed by atoms with E-state index in [4.69, 9.17) is 9.72 Å². The summed E-state index contributed by atoms with van der Waals surface area (Å²) in [5, 5.41) is 5.46. The summed E-state index contributed by atoms with van der Waals surface area (Å²) in [6.45, 7) is 8.64. The summed E-state index contributed by atoms with van der Waals surface area (Å²) in [7, 11) is 0. The Morgan fingerprint density at radius 2 is 1.96 bits per heavy atom. The quantitative estimate of drug-likeness (QED) is 0.675. The van der Waals surface area contributed by atoms with E-state index in [1.165, 1.54) is 6.42 Å². The van der Waals surface area contributed by atoms with Gasteiger partial charge in [-0.2, -0.15) is 5.10 Å². The van der Waals surface area contributed by atoms with Crippen molar-refractivity contribution in [3.63, 3.8) is 0 Å². The summed E-state index contributed by atoms with van der Waals surface area (Å²) in [4.78, 5) is 19.6. The molecule has 0 N–H and O–H groups in total. The maximum Gasteiger partial charge on any atom is 0.343 e. The van der Waals surface area contributed by atoms with Gasteiger partial charge in [-0.1, -0.05) is 26.0 Å². The fourth-order valence-electron chi connectivity index (χ4n) is 4.06. The Bertz CT molecular complexity index is 955. The summed E-state index contributed by atoms with van der Waals surface area (Å²) in [6, 6.07) is 8.10. The van der Waals surface area contributed by atoms with Crippen molar-refractivity contribution in [3.05, 3.63) is 36.0 Å². The Kier molecular flexibility index (Phi) is 4.26. The van der Waals surface area contributed by atoms with Crippen LogP contribution in [0, 0.1) is 11.8 Å². The molecule has 26 heavy (non-hydrogen) atoms. The van der Waals surface area contributed by atoms with E-state index < -0.39 is 0 Å². The van der Waals surface area contributed by atoms with E-state index in [1.807, 2.05) is 18.2 Å². The minimum atomic E-state index is -0.378. The average molecular weight is 352 g/mol. The number of aromatic nitrogens is 3. The third-order valence-corrected chi connectivity index (χ3v) is 4.99. The van der Waals surface area contributed by atoms with E-state index in [2.05, 4.69) is 29.9 Å². The highest BCUT2D eigenvalue weighted by Gasteiger charge is 2.26. The zero-order valence-corrected chi connectivity index (χ0v) is 15.5. The van der Waals surface area contributed by atoms with E-state index >= 15 is 0 Å². The van der Waals surface area contributed by atoms with Crippen molar-refractivity contribution in [1.29, 1.82) is 0 Å². The van der Waals surface area contributed by atoms with Gasteiger partial charge in [0.25, 0.3) is 0 Å². The highest BCUT2D eigenvalue weighted by Crippen LogP contribution is 2.31. The van der Waals surface area contributed by atoms with Crippen LogP contribution in [-0.2, 0) is 4.74 Å². The molecule has 3 aromatic rings. The molecule has 1 fully saturated rings. The lowest BCUT2D eigenvalue weighted by atomic mass is 9.92. The van der Waals surface area contributed by atoms with Gasteiger partial charge < -0.3 is 9.64 Å². The first kappa shape index (κ1) is 16.8. The van der Waals surface area contributed by atoms with Crippen molar-refractivity contribution in [2.45, 2.75) is 27.2 Å². The number of piperidine rings is 1. The molecule has 6 nitrogen and oxygen atoms in total. The molecule has 0 bridgehead atoms. The number of hydrogen-bond donors (Lipinski definition) is 0. The monoisotopic (exact) mass is 352 g/mol. The molecule has 4 rings (SSSR count). The van der Waals surface area contributed by atoms with Crippen LogP contribution >= 0.6 is 0 Å². The smallest absolute Gasteiger partial charge is 0.343 e. The summed E-state index contributed by atoms with van der Waals surface area (Å²) in [6.07, 6.45) is 2.79. The van der Waals surface area contributed by atoms with Crippen LogP contribution in [0.2, 0.25) is 0 Å². The molecule has 0 spiro atoms. The standard InChI is InChI=1S/C20H24N4O2/c1-4-26-20(25)16-10-21-24-17-8-6-5-7-15(17)18(22-19(16)24)23-11-13(2)9-14(3)12-23/h5-8,10,13-14H,4,9,11-12H2,1-3H3/t13-,14-/m1/s1. The molecule has 0 saturated carbocycles. The minimum absolute atomic E-state index is 0.331. The Morgan fingerprint density at radius 3 is 2.69 bits per heavy atom. The van der Waals surface area contributed by atoms with Gasteiger partial charge in [0.2, 0.25) is 0 Å². The highest BCUT2D eigenvalue weighted by molar-refractivity contribution is 5.99. The molecule has 2 atom stereocenters. The number of rotatable bonds is 3. The Balaban J connectivity index is 1.92. The van der Waals surface area contributed by atoms with Gasteiger partial charge >= 0.3 is 5.97 Å². The maximum absolute atomic E-state index is 12.3. The van der Waals surface area contributed by atoms with Crippen molar-refractivity contribution in [1.82, 2.24) is 14.6 Å².